The van der Waals surface area contributed by atoms with Gasteiger partial charge in [0.05, 0.1) is 0 Å². The maximum absolute atomic E-state index is 13.1. The molecule has 1 fully saturated rings. The number of carbonyl (C=O) groups excluding carboxylic acids is 4. The van der Waals surface area contributed by atoms with E-state index in [1.54, 1.807) is 0 Å². The highest BCUT2D eigenvalue weighted by atomic mass is 32.3. The molecule has 1 heterocycles. The number of para-hydroxylation sites is 1. The fraction of sp³-hybridized carbons (Fsp3) is 0.500. The molecule has 12 nitrogen and oxygen atoms in total. The lowest BCUT2D eigenvalue weighted by Gasteiger charge is -2.43. The fourth-order valence-electron chi connectivity index (χ4n) is 3.16. The highest BCUT2D eigenvalue weighted by molar-refractivity contribution is 7.83. The van der Waals surface area contributed by atoms with Gasteiger partial charge in [-0.3, -0.25) is 19.2 Å². The van der Waals surface area contributed by atoms with Gasteiger partial charge in [-0.1, -0.05) is 19.9 Å². The van der Waals surface area contributed by atoms with E-state index >= 15 is 0 Å². The maximum atomic E-state index is 13.1. The predicted octanol–water partition coefficient (Wildman–Crippen LogP) is 2.02. The smallest absolute Gasteiger partial charge is 0.372 e. The van der Waals surface area contributed by atoms with Crippen LogP contribution in [0.15, 0.2) is 28.6 Å². The summed E-state index contributed by atoms with van der Waals surface area (Å²) in [6, 6.07) is 4.99. The molecule has 1 aliphatic rings. The minimum Gasteiger partial charge on any atom is -0.463 e. The first-order chi connectivity index (χ1) is 16.3. The highest BCUT2D eigenvalue weighted by Gasteiger charge is 2.53. The van der Waals surface area contributed by atoms with Gasteiger partial charge in [0.1, 0.15) is 24.1 Å². The summed E-state index contributed by atoms with van der Waals surface area (Å²) in [7, 11) is -5.57. The number of hydrogen-bond donors (Lipinski definition) is 0. The second kappa shape index (κ2) is 11.9. The Balaban J connectivity index is 2.56. The van der Waals surface area contributed by atoms with Crippen LogP contribution in [0.4, 0.5) is 13.5 Å². The number of benzene rings is 1. The first-order valence-corrected chi connectivity index (χ1v) is 11.3. The minimum absolute atomic E-state index is 0.351. The zero-order valence-corrected chi connectivity index (χ0v) is 19.8. The lowest BCUT2D eigenvalue weighted by Crippen LogP contribution is -2.63. The summed E-state index contributed by atoms with van der Waals surface area (Å²) < 4.78 is 71.9. The number of hydrogen-bond acceptors (Lipinski definition) is 12. The van der Waals surface area contributed by atoms with Crippen LogP contribution in [0.3, 0.4) is 0 Å². The largest absolute Gasteiger partial charge is 0.463 e. The van der Waals surface area contributed by atoms with Crippen LogP contribution < -0.4 is 4.74 Å². The molecule has 1 saturated heterocycles. The van der Waals surface area contributed by atoms with Crippen LogP contribution in [-0.2, 0) is 53.4 Å². The average molecular weight is 523 g/mol. The third kappa shape index (κ3) is 8.75. The van der Waals surface area contributed by atoms with E-state index in [4.69, 9.17) is 28.4 Å². The van der Waals surface area contributed by atoms with E-state index in [9.17, 15) is 31.2 Å². The molecular formula is C20H23F2NO11S. The number of rotatable bonds is 8. The first-order valence-electron chi connectivity index (χ1n) is 9.99. The molecule has 0 radical (unpaired) electrons. The Hall–Kier alpha value is -3.33. The van der Waals surface area contributed by atoms with Crippen LogP contribution in [0.25, 0.3) is 0 Å². The van der Waals surface area contributed by atoms with Gasteiger partial charge in [0.25, 0.3) is 0 Å². The van der Waals surface area contributed by atoms with Crippen LogP contribution in [0.5, 0.6) is 5.75 Å². The van der Waals surface area contributed by atoms with Gasteiger partial charge in [-0.2, -0.15) is 4.21 Å². The van der Waals surface area contributed by atoms with E-state index in [1.807, 2.05) is 0 Å². The van der Waals surface area contributed by atoms with Crippen molar-refractivity contribution in [2.24, 2.45) is 4.36 Å². The Morgan fingerprint density at radius 2 is 1.43 bits per heavy atom. The van der Waals surface area contributed by atoms with Gasteiger partial charge in [-0.05, 0) is 12.1 Å². The molecule has 5 atom stereocenters. The van der Waals surface area contributed by atoms with Crippen molar-refractivity contribution in [2.45, 2.75) is 58.4 Å². The summed E-state index contributed by atoms with van der Waals surface area (Å²) in [5.74, 6) is -3.63. The zero-order chi connectivity index (χ0) is 26.3. The van der Waals surface area contributed by atoms with E-state index in [2.05, 4.69) is 4.36 Å². The van der Waals surface area contributed by atoms with Gasteiger partial charge in [0.2, 0.25) is 12.4 Å². The summed E-state index contributed by atoms with van der Waals surface area (Å²) >= 11 is 0. The number of esters is 4. The molecule has 35 heavy (non-hydrogen) atoms. The Bertz CT molecular complexity index is 1080. The molecule has 0 bridgehead atoms. The summed E-state index contributed by atoms with van der Waals surface area (Å²) in [4.78, 5) is 46.7. The van der Waals surface area contributed by atoms with Crippen molar-refractivity contribution in [3.63, 3.8) is 0 Å². The number of ether oxygens (including phenoxy) is 6. The molecule has 1 aliphatic heterocycles. The van der Waals surface area contributed by atoms with Crippen LogP contribution in [0.2, 0.25) is 0 Å². The maximum Gasteiger partial charge on any atom is 0.372 e. The third-order valence-corrected chi connectivity index (χ3v) is 4.67. The molecule has 0 amide bonds. The van der Waals surface area contributed by atoms with E-state index < -0.39 is 77.4 Å². The fourth-order valence-corrected chi connectivity index (χ4v) is 3.54. The van der Waals surface area contributed by atoms with Crippen molar-refractivity contribution in [3.8, 4) is 5.75 Å². The van der Waals surface area contributed by atoms with Gasteiger partial charge in [-0.15, -0.1) is 4.36 Å². The SMILES string of the molecule is CC(=O)OC[C@H]1O[C@H](Oc2ccccc2N=S(=O)(F)F)[C@H](OC(C)=O)[C@@H](OC(C)=O)[C@H]1OC(C)=O. The van der Waals surface area contributed by atoms with E-state index in [0.29, 0.717) is 0 Å². The number of halogens is 2. The van der Waals surface area contributed by atoms with Crippen LogP contribution >= 0.6 is 0 Å². The summed E-state index contributed by atoms with van der Waals surface area (Å²) in [5.41, 5.74) is -0.518. The lowest BCUT2D eigenvalue weighted by atomic mass is 9.98. The quantitative estimate of drug-likeness (QED) is 0.279. The Kier molecular flexibility index (Phi) is 9.47. The third-order valence-electron chi connectivity index (χ3n) is 4.26. The lowest BCUT2D eigenvalue weighted by molar-refractivity contribution is -0.288. The monoisotopic (exact) mass is 523 g/mol. The van der Waals surface area contributed by atoms with Crippen molar-refractivity contribution >= 4 is 40.1 Å². The average Bonchev–Trinajstić information content (AvgIpc) is 2.70. The van der Waals surface area contributed by atoms with E-state index in [1.165, 1.54) is 18.2 Å². The van der Waals surface area contributed by atoms with Crippen molar-refractivity contribution in [3.05, 3.63) is 24.3 Å². The standard InChI is InChI=1S/C20H23F2NO11S/c1-10(24)29-9-16-17(30-11(2)25)18(31-12(3)26)19(32-13(4)27)20(34-16)33-15-8-6-5-7-14(15)23-35(21,22)28/h5-8,16-20H,9H2,1-4H3/t16-,17+,18+,19-,20+/m1/s1. The van der Waals surface area contributed by atoms with Gasteiger partial charge < -0.3 is 28.4 Å². The second-order valence-corrected chi connectivity index (χ2v) is 8.12. The molecule has 1 aromatic carbocycles. The molecule has 0 unspecified atom stereocenters. The Morgan fingerprint density at radius 1 is 0.886 bits per heavy atom. The number of carbonyl (C=O) groups is 4. The van der Waals surface area contributed by atoms with Gasteiger partial charge in [0.15, 0.2) is 12.2 Å². The van der Waals surface area contributed by atoms with Crippen LogP contribution in [0.1, 0.15) is 27.7 Å². The summed E-state index contributed by atoms with van der Waals surface area (Å²) in [6.45, 7) is 3.71. The van der Waals surface area contributed by atoms with Crippen molar-refractivity contribution in [2.75, 3.05) is 6.61 Å². The highest BCUT2D eigenvalue weighted by Crippen LogP contribution is 2.35. The first kappa shape index (κ1) is 27.9. The number of nitrogens with zero attached hydrogens (tertiary/aromatic N) is 1. The van der Waals surface area contributed by atoms with E-state index in [-0.39, 0.29) is 5.75 Å². The molecule has 0 aromatic heterocycles. The van der Waals surface area contributed by atoms with Crippen LogP contribution in [-0.4, -0.2) is 65.4 Å². The molecule has 0 saturated carbocycles. The topological polar surface area (TPSA) is 153 Å². The van der Waals surface area contributed by atoms with Crippen molar-refractivity contribution in [1.29, 1.82) is 0 Å². The molecule has 0 spiro atoms. The molecule has 15 heteroatoms. The zero-order valence-electron chi connectivity index (χ0n) is 19.0. The predicted molar refractivity (Wildman–Crippen MR) is 111 cm³/mol. The Morgan fingerprint density at radius 3 is 1.97 bits per heavy atom. The van der Waals surface area contributed by atoms with E-state index in [0.717, 1.165) is 33.8 Å². The normalized spacial score (nSPS) is 24.0. The van der Waals surface area contributed by atoms with Crippen molar-refractivity contribution in [1.82, 2.24) is 0 Å². The molecule has 2 rings (SSSR count). The molecule has 194 valence electrons. The molecule has 1 aromatic rings. The molecular weight excluding hydrogens is 500 g/mol. The molecule has 0 aliphatic carbocycles. The van der Waals surface area contributed by atoms with Crippen molar-refractivity contribution < 1.29 is 59.6 Å². The van der Waals surface area contributed by atoms with Crippen LogP contribution in [0, 0.1) is 0 Å². The minimum atomic E-state index is -5.57. The van der Waals surface area contributed by atoms with Gasteiger partial charge >= 0.3 is 34.4 Å². The second-order valence-electron chi connectivity index (χ2n) is 7.14. The van der Waals surface area contributed by atoms with Gasteiger partial charge in [-0.25, -0.2) is 0 Å². The Labute approximate surface area is 199 Å². The van der Waals surface area contributed by atoms with Gasteiger partial charge in [0, 0.05) is 27.7 Å². The summed E-state index contributed by atoms with van der Waals surface area (Å²) in [5, 5.41) is 0. The molecule has 0 N–H and O–H groups in total. The summed E-state index contributed by atoms with van der Waals surface area (Å²) in [6.07, 6.45) is -7.49.